The van der Waals surface area contributed by atoms with Gasteiger partial charge in [-0.15, -0.1) is 0 Å². The van der Waals surface area contributed by atoms with E-state index in [1.807, 2.05) is 23.5 Å². The number of nitrogens with zero attached hydrogens (tertiary/aromatic N) is 2. The summed E-state index contributed by atoms with van der Waals surface area (Å²) in [5.41, 5.74) is 0.788. The summed E-state index contributed by atoms with van der Waals surface area (Å²) in [5.74, 6) is 3.24. The van der Waals surface area contributed by atoms with Crippen LogP contribution in [0.1, 0.15) is 12.0 Å². The van der Waals surface area contributed by atoms with Gasteiger partial charge < -0.3 is 5.11 Å². The third kappa shape index (κ3) is 5.32. The Morgan fingerprint density at radius 3 is 2.52 bits per heavy atom. The van der Waals surface area contributed by atoms with Crippen molar-refractivity contribution in [2.24, 2.45) is 0 Å². The average Bonchev–Trinajstić information content (AvgIpc) is 2.89. The van der Waals surface area contributed by atoms with Gasteiger partial charge in [-0.3, -0.25) is 9.80 Å². The zero-order chi connectivity index (χ0) is 17.6. The van der Waals surface area contributed by atoms with Crippen LogP contribution >= 0.6 is 23.5 Å². The van der Waals surface area contributed by atoms with E-state index in [1.165, 1.54) is 35.1 Å². The van der Waals surface area contributed by atoms with Gasteiger partial charge in [-0.1, -0.05) is 6.07 Å². The Bertz CT molecular complexity index is 556. The zero-order valence-electron chi connectivity index (χ0n) is 14.4. The summed E-state index contributed by atoms with van der Waals surface area (Å²) < 4.78 is 26.6. The molecule has 1 N–H and O–H groups in total. The van der Waals surface area contributed by atoms with Gasteiger partial charge >= 0.3 is 0 Å². The minimum Gasteiger partial charge on any atom is -0.396 e. The Kier molecular flexibility index (Phi) is 7.42. The molecule has 0 aromatic heterocycles. The van der Waals surface area contributed by atoms with Gasteiger partial charge in [0, 0.05) is 67.9 Å². The quantitative estimate of drug-likeness (QED) is 0.837. The Hall–Kier alpha value is -0.340. The van der Waals surface area contributed by atoms with Crippen molar-refractivity contribution >= 4 is 23.5 Å². The smallest absolute Gasteiger partial charge is 0.159 e. The van der Waals surface area contributed by atoms with E-state index >= 15 is 0 Å². The van der Waals surface area contributed by atoms with Crippen molar-refractivity contribution < 1.29 is 13.9 Å². The first kappa shape index (κ1) is 19.4. The minimum atomic E-state index is -0.802. The molecule has 3 nitrogen and oxygen atoms in total. The van der Waals surface area contributed by atoms with Crippen LogP contribution in [0.5, 0.6) is 0 Å². The van der Waals surface area contributed by atoms with Crippen LogP contribution in [0.4, 0.5) is 8.78 Å². The van der Waals surface area contributed by atoms with Crippen molar-refractivity contribution in [3.63, 3.8) is 0 Å². The first-order valence-corrected chi connectivity index (χ1v) is 11.2. The molecule has 1 aromatic carbocycles. The number of halogens is 2. The van der Waals surface area contributed by atoms with E-state index in [9.17, 15) is 13.9 Å². The second-order valence-electron chi connectivity index (χ2n) is 6.68. The standard InChI is InChI=1S/C18H26F2N2OS2/c19-17-2-1-14(9-18(17)20)10-21-4-5-22(11-15(21)3-6-23)16-12-24-7-8-25-13-16/h1-2,9,15-16,23H,3-8,10-13H2. The summed E-state index contributed by atoms with van der Waals surface area (Å²) >= 11 is 4.07. The van der Waals surface area contributed by atoms with Crippen LogP contribution in [0.15, 0.2) is 18.2 Å². The van der Waals surface area contributed by atoms with Gasteiger partial charge in [0.05, 0.1) is 0 Å². The third-order valence-corrected chi connectivity index (χ3v) is 7.46. The van der Waals surface area contributed by atoms with Gasteiger partial charge in [-0.25, -0.2) is 8.78 Å². The lowest BCUT2D eigenvalue weighted by Gasteiger charge is -2.44. The summed E-state index contributed by atoms with van der Waals surface area (Å²) in [5, 5.41) is 9.46. The van der Waals surface area contributed by atoms with Crippen LogP contribution in [0.2, 0.25) is 0 Å². The van der Waals surface area contributed by atoms with Crippen LogP contribution < -0.4 is 0 Å². The minimum absolute atomic E-state index is 0.154. The predicted molar refractivity (Wildman–Crippen MR) is 102 cm³/mol. The molecule has 1 aromatic rings. The van der Waals surface area contributed by atoms with Gasteiger partial charge in [0.1, 0.15) is 0 Å². The normalized spacial score (nSPS) is 24.4. The van der Waals surface area contributed by atoms with E-state index < -0.39 is 11.6 Å². The lowest BCUT2D eigenvalue weighted by atomic mass is 10.1. The van der Waals surface area contributed by atoms with Crippen molar-refractivity contribution in [1.82, 2.24) is 9.80 Å². The van der Waals surface area contributed by atoms with E-state index in [4.69, 9.17) is 0 Å². The van der Waals surface area contributed by atoms with Crippen molar-refractivity contribution in [1.29, 1.82) is 0 Å². The number of benzene rings is 1. The number of rotatable bonds is 5. The van der Waals surface area contributed by atoms with E-state index in [-0.39, 0.29) is 12.6 Å². The monoisotopic (exact) mass is 388 g/mol. The lowest BCUT2D eigenvalue weighted by Crippen LogP contribution is -2.56. The predicted octanol–water partition coefficient (Wildman–Crippen LogP) is 2.68. The van der Waals surface area contributed by atoms with Crippen LogP contribution in [-0.2, 0) is 6.54 Å². The van der Waals surface area contributed by atoms with Crippen molar-refractivity contribution in [3.8, 4) is 0 Å². The van der Waals surface area contributed by atoms with E-state index in [0.29, 0.717) is 19.0 Å². The number of hydrogen-bond acceptors (Lipinski definition) is 5. The highest BCUT2D eigenvalue weighted by atomic mass is 32.2. The molecular formula is C18H26F2N2OS2. The van der Waals surface area contributed by atoms with E-state index in [2.05, 4.69) is 9.80 Å². The molecule has 1 unspecified atom stereocenters. The molecule has 25 heavy (non-hydrogen) atoms. The van der Waals surface area contributed by atoms with Crippen molar-refractivity contribution in [2.45, 2.75) is 25.0 Å². The molecule has 2 saturated heterocycles. The van der Waals surface area contributed by atoms with Gasteiger partial charge in [0.15, 0.2) is 11.6 Å². The number of aliphatic hydroxyl groups is 1. The van der Waals surface area contributed by atoms with E-state index in [1.54, 1.807) is 6.07 Å². The maximum atomic E-state index is 13.5. The molecule has 3 rings (SSSR count). The summed E-state index contributed by atoms with van der Waals surface area (Å²) in [6.07, 6.45) is 0.715. The molecule has 7 heteroatoms. The molecule has 0 aliphatic carbocycles. The molecule has 0 radical (unpaired) electrons. The molecular weight excluding hydrogens is 362 g/mol. The third-order valence-electron chi connectivity index (χ3n) is 4.98. The topological polar surface area (TPSA) is 26.7 Å². The average molecular weight is 389 g/mol. The first-order chi connectivity index (χ1) is 12.2. The maximum Gasteiger partial charge on any atom is 0.159 e. The Balaban J connectivity index is 1.63. The van der Waals surface area contributed by atoms with Gasteiger partial charge in [0.25, 0.3) is 0 Å². The van der Waals surface area contributed by atoms with Crippen LogP contribution in [0.3, 0.4) is 0 Å². The Morgan fingerprint density at radius 2 is 1.84 bits per heavy atom. The fourth-order valence-corrected chi connectivity index (χ4v) is 6.19. The van der Waals surface area contributed by atoms with Crippen molar-refractivity contribution in [2.75, 3.05) is 49.3 Å². The second-order valence-corrected chi connectivity index (χ2v) is 8.98. The van der Waals surface area contributed by atoms with Gasteiger partial charge in [-0.2, -0.15) is 23.5 Å². The van der Waals surface area contributed by atoms with E-state index in [0.717, 1.165) is 25.2 Å². The van der Waals surface area contributed by atoms with Gasteiger partial charge in [-0.05, 0) is 24.1 Å². The number of thioether (sulfide) groups is 2. The Morgan fingerprint density at radius 1 is 1.08 bits per heavy atom. The van der Waals surface area contributed by atoms with Gasteiger partial charge in [0.2, 0.25) is 0 Å². The SMILES string of the molecule is OCCC1CN(C2CSCCSC2)CCN1Cc1ccc(F)c(F)c1. The Labute approximate surface area is 157 Å². The highest BCUT2D eigenvalue weighted by Gasteiger charge is 2.31. The maximum absolute atomic E-state index is 13.5. The summed E-state index contributed by atoms with van der Waals surface area (Å²) in [4.78, 5) is 4.86. The molecule has 2 heterocycles. The largest absolute Gasteiger partial charge is 0.396 e. The number of piperazine rings is 1. The number of hydrogen-bond donors (Lipinski definition) is 1. The molecule has 0 saturated carbocycles. The van der Waals surface area contributed by atoms with Crippen LogP contribution in [0.25, 0.3) is 0 Å². The number of aliphatic hydroxyl groups excluding tert-OH is 1. The lowest BCUT2D eigenvalue weighted by molar-refractivity contribution is 0.0407. The summed E-state index contributed by atoms with van der Waals surface area (Å²) in [7, 11) is 0. The zero-order valence-corrected chi connectivity index (χ0v) is 16.0. The molecule has 2 aliphatic rings. The molecule has 1 atom stereocenters. The molecule has 140 valence electrons. The highest BCUT2D eigenvalue weighted by molar-refractivity contribution is 8.03. The van der Waals surface area contributed by atoms with Crippen LogP contribution in [-0.4, -0.2) is 76.2 Å². The molecule has 0 spiro atoms. The molecule has 0 amide bonds. The molecule has 2 fully saturated rings. The van der Waals surface area contributed by atoms with Crippen molar-refractivity contribution in [3.05, 3.63) is 35.4 Å². The molecule has 2 aliphatic heterocycles. The fourth-order valence-electron chi connectivity index (χ4n) is 3.57. The first-order valence-electron chi connectivity index (χ1n) is 8.85. The van der Waals surface area contributed by atoms with Crippen LogP contribution in [0, 0.1) is 11.6 Å². The summed E-state index contributed by atoms with van der Waals surface area (Å²) in [6.45, 7) is 3.59. The molecule has 0 bridgehead atoms. The highest BCUT2D eigenvalue weighted by Crippen LogP contribution is 2.24. The summed E-state index contributed by atoms with van der Waals surface area (Å²) in [6, 6.07) is 4.99. The second kappa shape index (κ2) is 9.55. The fraction of sp³-hybridized carbons (Fsp3) is 0.667.